The Morgan fingerprint density at radius 2 is 2.04 bits per heavy atom. The Morgan fingerprint density at radius 3 is 2.96 bits per heavy atom. The Balaban J connectivity index is 1.54. The first-order chi connectivity index (χ1) is 12.2. The second-order valence-corrected chi connectivity index (χ2v) is 7.20. The van der Waals surface area contributed by atoms with E-state index >= 15 is 0 Å². The lowest BCUT2D eigenvalue weighted by Crippen LogP contribution is -2.35. The molecule has 2 aromatic carbocycles. The molecule has 130 valence electrons. The normalized spacial score (nSPS) is 20.3. The maximum atomic E-state index is 12.9. The fourth-order valence-corrected chi connectivity index (χ4v) is 3.96. The number of fused-ring (bicyclic) bond motifs is 2. The number of carbonyl (C=O) groups is 1. The smallest absolute Gasteiger partial charge is 0.233 e. The number of anilines is 1. The van der Waals surface area contributed by atoms with Crippen LogP contribution in [0.2, 0.25) is 0 Å². The minimum absolute atomic E-state index is 0.0709. The summed E-state index contributed by atoms with van der Waals surface area (Å²) < 4.78 is 0. The molecule has 0 spiro atoms. The highest BCUT2D eigenvalue weighted by Crippen LogP contribution is 2.26. The van der Waals surface area contributed by atoms with Gasteiger partial charge in [-0.25, -0.2) is 0 Å². The molecule has 0 saturated heterocycles. The van der Waals surface area contributed by atoms with Crippen LogP contribution in [-0.4, -0.2) is 30.9 Å². The van der Waals surface area contributed by atoms with Gasteiger partial charge in [-0.3, -0.25) is 4.79 Å². The van der Waals surface area contributed by atoms with Crippen LogP contribution in [0.5, 0.6) is 0 Å². The van der Waals surface area contributed by atoms with Gasteiger partial charge in [0.05, 0.1) is 5.92 Å². The molecule has 0 saturated carbocycles. The van der Waals surface area contributed by atoms with Crippen LogP contribution in [0.15, 0.2) is 42.5 Å². The molecule has 2 N–H and O–H groups in total. The van der Waals surface area contributed by atoms with E-state index in [1.54, 1.807) is 0 Å². The summed E-state index contributed by atoms with van der Waals surface area (Å²) in [5.74, 6) is -0.0620. The maximum absolute atomic E-state index is 12.9. The van der Waals surface area contributed by atoms with E-state index in [0.717, 1.165) is 37.3 Å². The zero-order valence-electron chi connectivity index (χ0n) is 14.7. The van der Waals surface area contributed by atoms with Gasteiger partial charge in [-0.15, -0.1) is 0 Å². The number of benzene rings is 2. The standard InChI is InChI=1S/C21H25N3O/c1-24-10-4-6-15-8-9-18(11-17(15)14-24)23-21(25)20-13-22-12-16-5-2-3-7-19(16)20/h2-3,5,7-9,11,20,22H,4,6,10,12-14H2,1H3,(H,23,25). The van der Waals surface area contributed by atoms with Crippen molar-refractivity contribution < 1.29 is 4.79 Å². The SMILES string of the molecule is CN1CCCc2ccc(NC(=O)C3CNCc4ccccc43)cc2C1. The number of aryl methyl sites for hydroxylation is 1. The Labute approximate surface area is 149 Å². The van der Waals surface area contributed by atoms with E-state index in [2.05, 4.69) is 46.8 Å². The van der Waals surface area contributed by atoms with E-state index in [1.807, 2.05) is 18.2 Å². The lowest BCUT2D eigenvalue weighted by molar-refractivity contribution is -0.117. The largest absolute Gasteiger partial charge is 0.326 e. The second kappa shape index (κ2) is 6.98. The minimum atomic E-state index is -0.133. The lowest BCUT2D eigenvalue weighted by atomic mass is 9.90. The van der Waals surface area contributed by atoms with Crippen LogP contribution < -0.4 is 10.6 Å². The van der Waals surface area contributed by atoms with Crippen molar-refractivity contribution in [3.8, 4) is 0 Å². The third-order valence-corrected chi connectivity index (χ3v) is 5.31. The average Bonchev–Trinajstić information content (AvgIpc) is 2.81. The summed E-state index contributed by atoms with van der Waals surface area (Å²) in [6.45, 7) is 3.61. The number of hydrogen-bond donors (Lipinski definition) is 2. The molecule has 0 radical (unpaired) electrons. The summed E-state index contributed by atoms with van der Waals surface area (Å²) >= 11 is 0. The first-order valence-corrected chi connectivity index (χ1v) is 9.10. The van der Waals surface area contributed by atoms with Gasteiger partial charge in [0.25, 0.3) is 0 Å². The third-order valence-electron chi connectivity index (χ3n) is 5.31. The van der Waals surface area contributed by atoms with Gasteiger partial charge < -0.3 is 15.5 Å². The van der Waals surface area contributed by atoms with Crippen LogP contribution in [-0.2, 0) is 24.3 Å². The number of nitrogens with one attached hydrogen (secondary N) is 2. The average molecular weight is 335 g/mol. The topological polar surface area (TPSA) is 44.4 Å². The van der Waals surface area contributed by atoms with E-state index in [9.17, 15) is 4.79 Å². The molecule has 1 unspecified atom stereocenters. The lowest BCUT2D eigenvalue weighted by Gasteiger charge is -2.25. The number of rotatable bonds is 2. The first-order valence-electron chi connectivity index (χ1n) is 9.10. The minimum Gasteiger partial charge on any atom is -0.326 e. The summed E-state index contributed by atoms with van der Waals surface area (Å²) in [7, 11) is 2.16. The number of carbonyl (C=O) groups excluding carboxylic acids is 1. The molecule has 2 heterocycles. The van der Waals surface area contributed by atoms with Crippen molar-refractivity contribution in [2.75, 3.05) is 25.5 Å². The van der Waals surface area contributed by atoms with Crippen molar-refractivity contribution in [1.29, 1.82) is 0 Å². The molecule has 25 heavy (non-hydrogen) atoms. The van der Waals surface area contributed by atoms with E-state index in [-0.39, 0.29) is 11.8 Å². The molecule has 1 amide bonds. The Kier molecular flexibility index (Phi) is 4.55. The molecule has 4 heteroatoms. The van der Waals surface area contributed by atoms with Gasteiger partial charge in [0.2, 0.25) is 5.91 Å². The van der Waals surface area contributed by atoms with E-state index in [4.69, 9.17) is 0 Å². The van der Waals surface area contributed by atoms with Crippen molar-refractivity contribution in [1.82, 2.24) is 10.2 Å². The number of hydrogen-bond acceptors (Lipinski definition) is 3. The summed E-state index contributed by atoms with van der Waals surface area (Å²) in [6, 6.07) is 14.6. The molecule has 2 aliphatic rings. The van der Waals surface area contributed by atoms with Crippen LogP contribution in [0, 0.1) is 0 Å². The zero-order chi connectivity index (χ0) is 17.2. The molecule has 0 aromatic heterocycles. The van der Waals surface area contributed by atoms with E-state index < -0.39 is 0 Å². The Bertz CT molecular complexity index is 786. The van der Waals surface area contributed by atoms with Crippen LogP contribution in [0.4, 0.5) is 5.69 Å². The summed E-state index contributed by atoms with van der Waals surface area (Å²) in [5.41, 5.74) is 6.01. The summed E-state index contributed by atoms with van der Waals surface area (Å²) in [4.78, 5) is 15.2. The predicted molar refractivity (Wildman–Crippen MR) is 101 cm³/mol. The van der Waals surface area contributed by atoms with Gasteiger partial charge in [0.15, 0.2) is 0 Å². The monoisotopic (exact) mass is 335 g/mol. The fourth-order valence-electron chi connectivity index (χ4n) is 3.96. The molecular weight excluding hydrogens is 310 g/mol. The highest BCUT2D eigenvalue weighted by Gasteiger charge is 2.26. The van der Waals surface area contributed by atoms with Crippen LogP contribution in [0.25, 0.3) is 0 Å². The van der Waals surface area contributed by atoms with Crippen LogP contribution >= 0.6 is 0 Å². The van der Waals surface area contributed by atoms with Gasteiger partial charge in [-0.05, 0) is 60.8 Å². The van der Waals surface area contributed by atoms with Crippen molar-refractivity contribution in [3.63, 3.8) is 0 Å². The Hall–Kier alpha value is -2.17. The van der Waals surface area contributed by atoms with Gasteiger partial charge >= 0.3 is 0 Å². The second-order valence-electron chi connectivity index (χ2n) is 7.20. The maximum Gasteiger partial charge on any atom is 0.233 e. The quantitative estimate of drug-likeness (QED) is 0.887. The van der Waals surface area contributed by atoms with Crippen molar-refractivity contribution in [3.05, 3.63) is 64.7 Å². The fraction of sp³-hybridized carbons (Fsp3) is 0.381. The van der Waals surface area contributed by atoms with Crippen molar-refractivity contribution in [2.45, 2.75) is 31.8 Å². The molecule has 2 aromatic rings. The van der Waals surface area contributed by atoms with Gasteiger partial charge in [0.1, 0.15) is 0 Å². The summed E-state index contributed by atoms with van der Waals surface area (Å²) in [5, 5.41) is 6.49. The number of amides is 1. The highest BCUT2D eigenvalue weighted by molar-refractivity contribution is 5.96. The molecule has 0 bridgehead atoms. The van der Waals surface area contributed by atoms with Crippen LogP contribution in [0.1, 0.15) is 34.6 Å². The first kappa shape index (κ1) is 16.3. The Morgan fingerprint density at radius 1 is 1.16 bits per heavy atom. The predicted octanol–water partition coefficient (Wildman–Crippen LogP) is 2.89. The molecule has 0 fully saturated rings. The molecule has 4 rings (SSSR count). The zero-order valence-corrected chi connectivity index (χ0v) is 14.7. The third kappa shape index (κ3) is 3.46. The molecular formula is C21H25N3O. The van der Waals surface area contributed by atoms with Gasteiger partial charge in [-0.2, -0.15) is 0 Å². The van der Waals surface area contributed by atoms with E-state index in [0.29, 0.717) is 6.54 Å². The highest BCUT2D eigenvalue weighted by atomic mass is 16.1. The summed E-state index contributed by atoms with van der Waals surface area (Å²) in [6.07, 6.45) is 2.31. The molecule has 4 nitrogen and oxygen atoms in total. The molecule has 2 aliphatic heterocycles. The van der Waals surface area contributed by atoms with Gasteiger partial charge in [-0.1, -0.05) is 30.3 Å². The van der Waals surface area contributed by atoms with Gasteiger partial charge in [0, 0.05) is 25.3 Å². The molecule has 1 atom stereocenters. The van der Waals surface area contributed by atoms with Crippen molar-refractivity contribution in [2.24, 2.45) is 0 Å². The van der Waals surface area contributed by atoms with Crippen molar-refractivity contribution >= 4 is 11.6 Å². The molecule has 0 aliphatic carbocycles. The number of nitrogens with zero attached hydrogens (tertiary/aromatic N) is 1. The van der Waals surface area contributed by atoms with Crippen LogP contribution in [0.3, 0.4) is 0 Å². The van der Waals surface area contributed by atoms with E-state index in [1.165, 1.54) is 23.1 Å².